The monoisotopic (exact) mass is 195 g/mol. The number of phenols is 1. The molecule has 74 valence electrons. The van der Waals surface area contributed by atoms with Gasteiger partial charge in [0.05, 0.1) is 6.04 Å². The zero-order valence-electron chi connectivity index (χ0n) is 7.46. The number of hydrogen-bond donors (Lipinski definition) is 2. The molecule has 0 amide bonds. The van der Waals surface area contributed by atoms with Crippen LogP contribution in [-0.4, -0.2) is 17.9 Å². The fraction of sp³-hybridized carbons (Fsp3) is 0.300. The van der Waals surface area contributed by atoms with Gasteiger partial charge in [0.25, 0.3) is 0 Å². The minimum Gasteiger partial charge on any atom is -0.505 e. The molecular formula is C10H10FNO2. The molecule has 2 N–H and O–H groups in total. The van der Waals surface area contributed by atoms with Crippen molar-refractivity contribution < 1.29 is 14.3 Å². The first-order valence-corrected chi connectivity index (χ1v) is 4.42. The molecule has 1 atom stereocenters. The Labute approximate surface area is 80.6 Å². The van der Waals surface area contributed by atoms with Crippen LogP contribution in [0.15, 0.2) is 12.1 Å². The van der Waals surface area contributed by atoms with Crippen LogP contribution in [0.25, 0.3) is 0 Å². The topological polar surface area (TPSA) is 49.3 Å². The lowest BCUT2D eigenvalue weighted by molar-refractivity contribution is -0.109. The number of phenolic OH excluding ortho intramolecular Hbond substituents is 1. The van der Waals surface area contributed by atoms with Crippen LogP contribution >= 0.6 is 0 Å². The molecule has 0 spiro atoms. The van der Waals surface area contributed by atoms with Gasteiger partial charge in [-0.3, -0.25) is 0 Å². The molecule has 14 heavy (non-hydrogen) atoms. The van der Waals surface area contributed by atoms with E-state index >= 15 is 0 Å². The summed E-state index contributed by atoms with van der Waals surface area (Å²) in [6.07, 6.45) is 1.44. The molecule has 0 bridgehead atoms. The Hall–Kier alpha value is -1.42. The van der Waals surface area contributed by atoms with Crippen molar-refractivity contribution in [2.24, 2.45) is 0 Å². The molecule has 1 aliphatic heterocycles. The quantitative estimate of drug-likeness (QED) is 0.655. The van der Waals surface area contributed by atoms with Gasteiger partial charge in [0, 0.05) is 6.54 Å². The van der Waals surface area contributed by atoms with Gasteiger partial charge in [0.2, 0.25) is 0 Å². The summed E-state index contributed by atoms with van der Waals surface area (Å²) in [7, 11) is 0. The van der Waals surface area contributed by atoms with Crippen molar-refractivity contribution in [3.05, 3.63) is 29.1 Å². The third kappa shape index (κ3) is 1.37. The van der Waals surface area contributed by atoms with Gasteiger partial charge in [-0.1, -0.05) is 0 Å². The van der Waals surface area contributed by atoms with Gasteiger partial charge in [-0.25, -0.2) is 4.39 Å². The molecule has 1 heterocycles. The molecule has 0 radical (unpaired) electrons. The van der Waals surface area contributed by atoms with E-state index in [1.54, 1.807) is 0 Å². The van der Waals surface area contributed by atoms with Crippen LogP contribution in [0.2, 0.25) is 0 Å². The van der Waals surface area contributed by atoms with Crippen LogP contribution < -0.4 is 5.32 Å². The number of benzene rings is 1. The molecule has 1 aromatic carbocycles. The Morgan fingerprint density at radius 1 is 1.57 bits per heavy atom. The summed E-state index contributed by atoms with van der Waals surface area (Å²) in [6, 6.07) is 2.18. The first-order valence-electron chi connectivity index (χ1n) is 4.42. The second kappa shape index (κ2) is 3.38. The van der Waals surface area contributed by atoms with Gasteiger partial charge >= 0.3 is 0 Å². The third-order valence-corrected chi connectivity index (χ3v) is 2.44. The predicted molar refractivity (Wildman–Crippen MR) is 48.6 cm³/mol. The number of hydrogen-bond acceptors (Lipinski definition) is 3. The summed E-state index contributed by atoms with van der Waals surface area (Å²) < 4.78 is 13.0. The minimum atomic E-state index is -0.629. The zero-order chi connectivity index (χ0) is 10.1. The van der Waals surface area contributed by atoms with Crippen molar-refractivity contribution in [2.75, 3.05) is 6.54 Å². The maximum atomic E-state index is 13.0. The van der Waals surface area contributed by atoms with Gasteiger partial charge in [0.15, 0.2) is 11.6 Å². The minimum absolute atomic E-state index is 0.403. The molecule has 0 saturated carbocycles. The first kappa shape index (κ1) is 9.15. The Bertz CT molecular complexity index is 379. The molecule has 1 aliphatic rings. The maximum absolute atomic E-state index is 13.0. The fourth-order valence-electron chi connectivity index (χ4n) is 1.72. The number of fused-ring (bicyclic) bond motifs is 1. The highest BCUT2D eigenvalue weighted by Crippen LogP contribution is 2.27. The number of aldehydes is 1. The van der Waals surface area contributed by atoms with E-state index < -0.39 is 17.6 Å². The molecule has 4 heteroatoms. The summed E-state index contributed by atoms with van der Waals surface area (Å²) in [6.45, 7) is 0.653. The third-order valence-electron chi connectivity index (χ3n) is 2.44. The Morgan fingerprint density at radius 2 is 2.36 bits per heavy atom. The first-order chi connectivity index (χ1) is 6.72. The molecule has 1 unspecified atom stereocenters. The van der Waals surface area contributed by atoms with E-state index in [4.69, 9.17) is 5.11 Å². The van der Waals surface area contributed by atoms with E-state index in [2.05, 4.69) is 5.32 Å². The van der Waals surface area contributed by atoms with Gasteiger partial charge < -0.3 is 15.2 Å². The van der Waals surface area contributed by atoms with Crippen molar-refractivity contribution in [3.8, 4) is 5.75 Å². The summed E-state index contributed by atoms with van der Waals surface area (Å²) >= 11 is 0. The number of nitrogens with one attached hydrogen (secondary N) is 1. The van der Waals surface area contributed by atoms with Crippen LogP contribution in [0.3, 0.4) is 0 Å². The van der Waals surface area contributed by atoms with E-state index in [1.807, 2.05) is 0 Å². The van der Waals surface area contributed by atoms with Crippen molar-refractivity contribution in [2.45, 2.75) is 12.5 Å². The number of aromatic hydroxyl groups is 1. The smallest absolute Gasteiger partial charge is 0.165 e. The van der Waals surface area contributed by atoms with Crippen molar-refractivity contribution in [3.63, 3.8) is 0 Å². The molecule has 0 aliphatic carbocycles. The molecule has 0 fully saturated rings. The predicted octanol–water partition coefficient (Wildman–Crippen LogP) is 0.917. The molecule has 2 rings (SSSR count). The van der Waals surface area contributed by atoms with Crippen LogP contribution in [0.4, 0.5) is 4.39 Å². The summed E-state index contributed by atoms with van der Waals surface area (Å²) in [5.41, 5.74) is 1.46. The van der Waals surface area contributed by atoms with Crippen LogP contribution in [0.1, 0.15) is 17.2 Å². The van der Waals surface area contributed by atoms with Gasteiger partial charge in [-0.2, -0.15) is 0 Å². The van der Waals surface area contributed by atoms with E-state index in [0.717, 1.165) is 11.8 Å². The maximum Gasteiger partial charge on any atom is 0.165 e. The van der Waals surface area contributed by atoms with E-state index in [-0.39, 0.29) is 0 Å². The number of carbonyl (C=O) groups excluding carboxylic acids is 1. The van der Waals surface area contributed by atoms with Gasteiger partial charge in [-0.05, 0) is 29.7 Å². The molecule has 3 nitrogen and oxygen atoms in total. The average Bonchev–Trinajstić information content (AvgIpc) is 2.19. The highest BCUT2D eigenvalue weighted by Gasteiger charge is 2.20. The van der Waals surface area contributed by atoms with E-state index in [1.165, 1.54) is 12.1 Å². The highest BCUT2D eigenvalue weighted by molar-refractivity contribution is 5.64. The Balaban J connectivity index is 2.52. The Kier molecular flexibility index (Phi) is 2.21. The van der Waals surface area contributed by atoms with Crippen LogP contribution in [0, 0.1) is 5.82 Å². The normalized spacial score (nSPS) is 20.2. The van der Waals surface area contributed by atoms with Crippen LogP contribution in [0.5, 0.6) is 5.75 Å². The van der Waals surface area contributed by atoms with E-state index in [0.29, 0.717) is 18.5 Å². The van der Waals surface area contributed by atoms with Gasteiger partial charge in [-0.15, -0.1) is 0 Å². The molecule has 0 aromatic heterocycles. The van der Waals surface area contributed by atoms with Crippen molar-refractivity contribution in [1.29, 1.82) is 0 Å². The zero-order valence-corrected chi connectivity index (χ0v) is 7.46. The summed E-state index contributed by atoms with van der Waals surface area (Å²) in [5, 5.41) is 12.1. The SMILES string of the molecule is O=CC1NCCc2cc(F)c(O)cc21. The fourth-order valence-corrected chi connectivity index (χ4v) is 1.72. The highest BCUT2D eigenvalue weighted by atomic mass is 19.1. The summed E-state index contributed by atoms with van der Waals surface area (Å²) in [5.74, 6) is -1.03. The lowest BCUT2D eigenvalue weighted by atomic mass is 9.94. The second-order valence-electron chi connectivity index (χ2n) is 3.32. The number of rotatable bonds is 1. The largest absolute Gasteiger partial charge is 0.505 e. The number of carbonyl (C=O) groups is 1. The number of halogens is 1. The standard InChI is InChI=1S/C10H10FNO2/c11-8-3-6-1-2-12-9(5-13)7(6)4-10(8)14/h3-5,9,12,14H,1-2H2. The molecule has 1 aromatic rings. The summed E-state index contributed by atoms with van der Waals surface area (Å²) in [4.78, 5) is 10.7. The van der Waals surface area contributed by atoms with Crippen molar-refractivity contribution in [1.82, 2.24) is 5.32 Å². The van der Waals surface area contributed by atoms with Crippen molar-refractivity contribution >= 4 is 6.29 Å². The van der Waals surface area contributed by atoms with E-state index in [9.17, 15) is 9.18 Å². The molecule has 0 saturated heterocycles. The lowest BCUT2D eigenvalue weighted by Gasteiger charge is -2.22. The average molecular weight is 195 g/mol. The van der Waals surface area contributed by atoms with Crippen LogP contribution in [-0.2, 0) is 11.2 Å². The second-order valence-corrected chi connectivity index (χ2v) is 3.32. The Morgan fingerprint density at radius 3 is 3.07 bits per heavy atom. The molecular weight excluding hydrogens is 185 g/mol. The van der Waals surface area contributed by atoms with Gasteiger partial charge in [0.1, 0.15) is 6.29 Å². The lowest BCUT2D eigenvalue weighted by Crippen LogP contribution is -2.30.